The summed E-state index contributed by atoms with van der Waals surface area (Å²) in [6, 6.07) is 8.15. The molecule has 0 spiro atoms. The van der Waals surface area contributed by atoms with Gasteiger partial charge in [0.1, 0.15) is 0 Å². The third-order valence-corrected chi connectivity index (χ3v) is 2.08. The molecule has 0 amide bonds. The predicted octanol–water partition coefficient (Wildman–Crippen LogP) is -0.0630. The summed E-state index contributed by atoms with van der Waals surface area (Å²) in [6.45, 7) is 0. The van der Waals surface area contributed by atoms with Gasteiger partial charge in [-0.3, -0.25) is 9.78 Å². The molecule has 0 atom stereocenters. The smallest absolute Gasteiger partial charge is 0.335 e. The average molecular weight is 220 g/mol. The standard InChI is InChI=1S/C10H8N2O4/c13-7-8(14)11-10(16)12(9(7)15)6-4-2-1-3-5-6/h1-5,13,15H,(H,11,14,16). The number of hydrogen-bond acceptors (Lipinski definition) is 4. The predicted molar refractivity (Wildman–Crippen MR) is 56.0 cm³/mol. The number of nitrogens with one attached hydrogen (secondary N) is 1. The molecule has 0 aliphatic heterocycles. The van der Waals surface area contributed by atoms with E-state index in [1.807, 2.05) is 4.98 Å². The second kappa shape index (κ2) is 3.58. The molecular formula is C10H8N2O4. The first-order valence-corrected chi connectivity index (χ1v) is 4.44. The zero-order chi connectivity index (χ0) is 11.7. The van der Waals surface area contributed by atoms with Gasteiger partial charge in [0.2, 0.25) is 11.6 Å². The summed E-state index contributed by atoms with van der Waals surface area (Å²) >= 11 is 0. The average Bonchev–Trinajstić information content (AvgIpc) is 2.28. The van der Waals surface area contributed by atoms with E-state index in [1.54, 1.807) is 30.3 Å². The van der Waals surface area contributed by atoms with Crippen molar-refractivity contribution in [2.24, 2.45) is 0 Å². The van der Waals surface area contributed by atoms with Gasteiger partial charge in [-0.1, -0.05) is 18.2 Å². The van der Waals surface area contributed by atoms with Gasteiger partial charge in [0.25, 0.3) is 5.56 Å². The summed E-state index contributed by atoms with van der Waals surface area (Å²) in [6.07, 6.45) is 0. The molecule has 82 valence electrons. The molecule has 16 heavy (non-hydrogen) atoms. The summed E-state index contributed by atoms with van der Waals surface area (Å²) in [5, 5.41) is 18.7. The minimum atomic E-state index is -1.02. The highest BCUT2D eigenvalue weighted by Gasteiger charge is 2.13. The van der Waals surface area contributed by atoms with Crippen molar-refractivity contribution in [2.45, 2.75) is 0 Å². The summed E-state index contributed by atoms with van der Waals surface area (Å²) in [4.78, 5) is 24.3. The molecule has 6 heteroatoms. The summed E-state index contributed by atoms with van der Waals surface area (Å²) < 4.78 is 0.802. The van der Waals surface area contributed by atoms with Crippen LogP contribution in [0.3, 0.4) is 0 Å². The van der Waals surface area contributed by atoms with E-state index in [0.717, 1.165) is 4.57 Å². The molecule has 0 aliphatic carbocycles. The first kappa shape index (κ1) is 10.0. The lowest BCUT2D eigenvalue weighted by Gasteiger charge is -2.07. The molecule has 1 aromatic carbocycles. The van der Waals surface area contributed by atoms with Crippen molar-refractivity contribution in [2.75, 3.05) is 0 Å². The fourth-order valence-corrected chi connectivity index (χ4v) is 1.33. The fourth-order valence-electron chi connectivity index (χ4n) is 1.33. The van der Waals surface area contributed by atoms with Crippen LogP contribution in [-0.2, 0) is 0 Å². The Hall–Kier alpha value is -2.50. The van der Waals surface area contributed by atoms with E-state index in [4.69, 9.17) is 0 Å². The zero-order valence-corrected chi connectivity index (χ0v) is 8.04. The highest BCUT2D eigenvalue weighted by Crippen LogP contribution is 2.19. The van der Waals surface area contributed by atoms with E-state index in [-0.39, 0.29) is 0 Å². The first-order chi connectivity index (χ1) is 7.61. The van der Waals surface area contributed by atoms with Crippen LogP contribution >= 0.6 is 0 Å². The van der Waals surface area contributed by atoms with Crippen LogP contribution in [0.5, 0.6) is 11.6 Å². The maximum atomic E-state index is 11.4. The zero-order valence-electron chi connectivity index (χ0n) is 8.04. The summed E-state index contributed by atoms with van der Waals surface area (Å²) in [5.41, 5.74) is -1.49. The Kier molecular flexibility index (Phi) is 2.24. The van der Waals surface area contributed by atoms with E-state index in [0.29, 0.717) is 5.69 Å². The maximum absolute atomic E-state index is 11.4. The van der Waals surface area contributed by atoms with E-state index < -0.39 is 22.9 Å². The van der Waals surface area contributed by atoms with Gasteiger partial charge in [-0.05, 0) is 12.1 Å². The van der Waals surface area contributed by atoms with Gasteiger partial charge in [-0.2, -0.15) is 0 Å². The lowest BCUT2D eigenvalue weighted by atomic mass is 10.3. The Morgan fingerprint density at radius 2 is 1.69 bits per heavy atom. The number of para-hydroxylation sites is 1. The van der Waals surface area contributed by atoms with Crippen molar-refractivity contribution in [1.29, 1.82) is 0 Å². The Bertz CT molecular complexity index is 628. The second-order valence-electron chi connectivity index (χ2n) is 3.10. The maximum Gasteiger partial charge on any atom is 0.335 e. The van der Waals surface area contributed by atoms with E-state index in [1.165, 1.54) is 0 Å². The molecule has 2 aromatic rings. The van der Waals surface area contributed by atoms with Crippen LogP contribution in [-0.4, -0.2) is 19.8 Å². The molecule has 3 N–H and O–H groups in total. The van der Waals surface area contributed by atoms with E-state index >= 15 is 0 Å². The van der Waals surface area contributed by atoms with Crippen LogP contribution in [0.15, 0.2) is 39.9 Å². The van der Waals surface area contributed by atoms with Crippen LogP contribution in [0.4, 0.5) is 0 Å². The van der Waals surface area contributed by atoms with Crippen molar-refractivity contribution in [3.63, 3.8) is 0 Å². The van der Waals surface area contributed by atoms with Gasteiger partial charge >= 0.3 is 5.69 Å². The van der Waals surface area contributed by atoms with Crippen molar-refractivity contribution in [1.82, 2.24) is 9.55 Å². The molecule has 0 unspecified atom stereocenters. The first-order valence-electron chi connectivity index (χ1n) is 4.44. The van der Waals surface area contributed by atoms with E-state index in [2.05, 4.69) is 0 Å². The Morgan fingerprint density at radius 1 is 1.06 bits per heavy atom. The number of aromatic hydroxyl groups is 2. The Labute approximate surface area is 89.0 Å². The minimum absolute atomic E-state index is 0.344. The van der Waals surface area contributed by atoms with Gasteiger partial charge in [-0.25, -0.2) is 9.36 Å². The third kappa shape index (κ3) is 1.46. The highest BCUT2D eigenvalue weighted by molar-refractivity contribution is 5.39. The van der Waals surface area contributed by atoms with Crippen molar-refractivity contribution in [3.05, 3.63) is 51.2 Å². The number of hydrogen-bond donors (Lipinski definition) is 3. The van der Waals surface area contributed by atoms with Crippen LogP contribution in [0.25, 0.3) is 5.69 Å². The molecule has 0 bridgehead atoms. The second-order valence-corrected chi connectivity index (χ2v) is 3.10. The Balaban J connectivity index is 2.82. The normalized spacial score (nSPS) is 10.2. The summed E-state index contributed by atoms with van der Waals surface area (Å²) in [5.74, 6) is -1.66. The number of aromatic amines is 1. The molecule has 0 saturated heterocycles. The minimum Gasteiger partial charge on any atom is -0.499 e. The molecule has 6 nitrogen and oxygen atoms in total. The molecule has 0 radical (unpaired) electrons. The van der Waals surface area contributed by atoms with Crippen molar-refractivity contribution in [3.8, 4) is 17.3 Å². The summed E-state index contributed by atoms with van der Waals surface area (Å²) in [7, 11) is 0. The van der Waals surface area contributed by atoms with Gasteiger partial charge < -0.3 is 10.2 Å². The third-order valence-electron chi connectivity index (χ3n) is 2.08. The number of H-pyrrole nitrogens is 1. The lowest BCUT2D eigenvalue weighted by molar-refractivity contribution is 0.368. The topological polar surface area (TPSA) is 95.3 Å². The molecule has 1 heterocycles. The molecule has 0 saturated carbocycles. The number of rotatable bonds is 1. The number of aromatic nitrogens is 2. The van der Waals surface area contributed by atoms with Gasteiger partial charge in [0, 0.05) is 0 Å². The molecule has 0 aliphatic rings. The van der Waals surface area contributed by atoms with Gasteiger partial charge in [0.05, 0.1) is 5.69 Å². The van der Waals surface area contributed by atoms with Crippen LogP contribution in [0, 0.1) is 0 Å². The van der Waals surface area contributed by atoms with Crippen LogP contribution < -0.4 is 11.2 Å². The van der Waals surface area contributed by atoms with Crippen LogP contribution in [0.2, 0.25) is 0 Å². The fraction of sp³-hybridized carbons (Fsp3) is 0. The quantitative estimate of drug-likeness (QED) is 0.627. The number of nitrogens with zero attached hydrogens (tertiary/aromatic N) is 1. The number of benzene rings is 1. The molecular weight excluding hydrogens is 212 g/mol. The largest absolute Gasteiger partial charge is 0.499 e. The van der Waals surface area contributed by atoms with Crippen molar-refractivity contribution < 1.29 is 10.2 Å². The SMILES string of the molecule is O=c1[nH]c(=O)n(-c2ccccc2)c(O)c1O. The van der Waals surface area contributed by atoms with Crippen molar-refractivity contribution >= 4 is 0 Å². The monoisotopic (exact) mass is 220 g/mol. The Morgan fingerprint density at radius 3 is 2.31 bits per heavy atom. The van der Waals surface area contributed by atoms with Crippen LogP contribution in [0.1, 0.15) is 0 Å². The van der Waals surface area contributed by atoms with Gasteiger partial charge in [0.15, 0.2) is 0 Å². The highest BCUT2D eigenvalue weighted by atomic mass is 16.3. The molecule has 2 rings (SSSR count). The molecule has 1 aromatic heterocycles. The van der Waals surface area contributed by atoms with E-state index in [9.17, 15) is 19.8 Å². The lowest BCUT2D eigenvalue weighted by Crippen LogP contribution is -2.28. The molecule has 0 fully saturated rings. The van der Waals surface area contributed by atoms with Gasteiger partial charge in [-0.15, -0.1) is 0 Å².